The summed E-state index contributed by atoms with van der Waals surface area (Å²) in [6, 6.07) is 1.85. The zero-order chi connectivity index (χ0) is 14.9. The first-order valence-corrected chi connectivity index (χ1v) is 7.83. The van der Waals surface area contributed by atoms with Crippen molar-refractivity contribution in [2.45, 2.75) is 32.4 Å². The number of nitrogens with zero attached hydrogens (tertiary/aromatic N) is 2. The van der Waals surface area contributed by atoms with Gasteiger partial charge < -0.3 is 9.87 Å². The number of hydrogen-bond donors (Lipinski definition) is 1. The molecule has 4 nitrogen and oxygen atoms in total. The normalized spacial score (nSPS) is 17.1. The smallest absolute Gasteiger partial charge is 0.144 e. The lowest BCUT2D eigenvalue weighted by Gasteiger charge is -2.21. The molecule has 0 aromatic carbocycles. The Morgan fingerprint density at radius 2 is 2.20 bits per heavy atom. The molecule has 1 unspecified atom stereocenters. The van der Waals surface area contributed by atoms with E-state index in [1.165, 1.54) is 0 Å². The predicted octanol–water partition coefficient (Wildman–Crippen LogP) is 3.47. The Morgan fingerprint density at radius 3 is 2.85 bits per heavy atom. The third-order valence-corrected chi connectivity index (χ3v) is 4.56. The van der Waals surface area contributed by atoms with E-state index in [9.17, 15) is 4.55 Å². The maximum absolute atomic E-state index is 12.1. The van der Waals surface area contributed by atoms with Crippen LogP contribution in [0.15, 0.2) is 22.2 Å². The lowest BCUT2D eigenvalue weighted by atomic mass is 10.0. The van der Waals surface area contributed by atoms with Gasteiger partial charge in [-0.25, -0.2) is 4.98 Å². The molecule has 0 aliphatic carbocycles. The molecule has 1 aromatic heterocycles. The molecule has 1 atom stereocenters. The summed E-state index contributed by atoms with van der Waals surface area (Å²) in [7, 11) is 0. The number of pyridine rings is 1. The Labute approximate surface area is 127 Å². The van der Waals surface area contributed by atoms with Gasteiger partial charge >= 0.3 is 0 Å². The van der Waals surface area contributed by atoms with Crippen LogP contribution >= 0.6 is 11.6 Å². The molecule has 2 heterocycles. The Hall–Kier alpha value is -1.04. The minimum atomic E-state index is -1.25. The fourth-order valence-corrected chi connectivity index (χ4v) is 2.49. The zero-order valence-electron chi connectivity index (χ0n) is 12.0. The van der Waals surface area contributed by atoms with Crippen LogP contribution in [0.5, 0.6) is 0 Å². The fraction of sp³-hybridized carbons (Fsp3) is 0.429. The third kappa shape index (κ3) is 3.53. The van der Waals surface area contributed by atoms with Crippen molar-refractivity contribution in [3.05, 3.63) is 28.4 Å². The van der Waals surface area contributed by atoms with E-state index in [0.717, 1.165) is 22.7 Å². The second-order valence-corrected chi connectivity index (χ2v) is 7.99. The highest BCUT2D eigenvalue weighted by molar-refractivity contribution is 7.91. The summed E-state index contributed by atoms with van der Waals surface area (Å²) in [5, 5.41) is 3.81. The number of halogens is 1. The molecule has 0 amide bonds. The molecule has 0 radical (unpaired) electrons. The number of hydrogen-bond acceptors (Lipinski definition) is 4. The number of rotatable bonds is 2. The number of anilines is 1. The first kappa shape index (κ1) is 15.4. The van der Waals surface area contributed by atoms with Gasteiger partial charge in [-0.3, -0.25) is 0 Å². The summed E-state index contributed by atoms with van der Waals surface area (Å²) < 4.78 is 16.0. The molecular formula is C14H18ClN3OS. The van der Waals surface area contributed by atoms with Gasteiger partial charge in [-0.2, -0.15) is 0 Å². The topological polar surface area (TPSA) is 60.3 Å². The van der Waals surface area contributed by atoms with Crippen LogP contribution in [0.25, 0.3) is 6.08 Å². The van der Waals surface area contributed by atoms with Gasteiger partial charge in [0.1, 0.15) is 21.9 Å². The summed E-state index contributed by atoms with van der Waals surface area (Å²) in [4.78, 5) is 4.23. The van der Waals surface area contributed by atoms with Crippen molar-refractivity contribution < 1.29 is 4.55 Å². The van der Waals surface area contributed by atoms with Crippen LogP contribution < -0.4 is 5.32 Å². The van der Waals surface area contributed by atoms with Gasteiger partial charge in [-0.15, -0.1) is 0 Å². The van der Waals surface area contributed by atoms with E-state index in [4.69, 9.17) is 11.6 Å². The van der Waals surface area contributed by atoms with Crippen molar-refractivity contribution >= 4 is 40.6 Å². The van der Waals surface area contributed by atoms with Gasteiger partial charge in [0.05, 0.1) is 10.7 Å². The quantitative estimate of drug-likeness (QED) is 0.672. The average molecular weight is 312 g/mol. The summed E-state index contributed by atoms with van der Waals surface area (Å²) >= 11 is 4.70. The monoisotopic (exact) mass is 311 g/mol. The van der Waals surface area contributed by atoms with Crippen LogP contribution in [0.4, 0.5) is 5.82 Å². The van der Waals surface area contributed by atoms with Gasteiger partial charge in [-0.1, -0.05) is 16.0 Å². The molecule has 1 aliphatic rings. The highest BCUT2D eigenvalue weighted by Gasteiger charge is 2.27. The van der Waals surface area contributed by atoms with Gasteiger partial charge in [0.2, 0.25) is 0 Å². The van der Waals surface area contributed by atoms with E-state index >= 15 is 0 Å². The standard InChI is InChI=1S/C14H18ClN3OS/c1-9(18-20(19)14(2,3)4)11-5-10-6-12(15)8-17-13(10)16-7-11/h5-6,8H,7H2,1-4H3,(H,16,17). The van der Waals surface area contributed by atoms with Crippen LogP contribution in [0.3, 0.4) is 0 Å². The Kier molecular flexibility index (Phi) is 4.42. The predicted molar refractivity (Wildman–Crippen MR) is 86.7 cm³/mol. The van der Waals surface area contributed by atoms with Crippen LogP contribution in [0.2, 0.25) is 5.02 Å². The minimum absolute atomic E-state index is 0.354. The van der Waals surface area contributed by atoms with Crippen LogP contribution in [-0.2, 0) is 11.4 Å². The first-order valence-electron chi connectivity index (χ1n) is 6.35. The Balaban J connectivity index is 2.28. The minimum Gasteiger partial charge on any atom is -0.591 e. The summed E-state index contributed by atoms with van der Waals surface area (Å²) in [5.74, 6) is 0.808. The summed E-state index contributed by atoms with van der Waals surface area (Å²) in [6.07, 6.45) is 3.60. The molecule has 1 N–H and O–H groups in total. The summed E-state index contributed by atoms with van der Waals surface area (Å²) in [5.41, 5.74) is 2.70. The summed E-state index contributed by atoms with van der Waals surface area (Å²) in [6.45, 7) is 8.23. The average Bonchev–Trinajstić information content (AvgIpc) is 2.36. The zero-order valence-corrected chi connectivity index (χ0v) is 13.6. The highest BCUT2D eigenvalue weighted by Crippen LogP contribution is 2.25. The van der Waals surface area contributed by atoms with E-state index in [1.807, 2.05) is 39.8 Å². The second-order valence-electron chi connectivity index (χ2n) is 5.65. The van der Waals surface area contributed by atoms with Crippen LogP contribution in [0.1, 0.15) is 33.3 Å². The molecule has 1 aromatic rings. The maximum atomic E-state index is 12.1. The van der Waals surface area contributed by atoms with Crippen molar-refractivity contribution in [2.24, 2.45) is 4.40 Å². The molecular weight excluding hydrogens is 294 g/mol. The van der Waals surface area contributed by atoms with Crippen molar-refractivity contribution in [3.8, 4) is 0 Å². The SMILES string of the molecule is CC(=N[S+]([O-])C(C)(C)C)C1=Cc2cc(Cl)cnc2NC1. The van der Waals surface area contributed by atoms with E-state index < -0.39 is 11.4 Å². The van der Waals surface area contributed by atoms with Gasteiger partial charge in [0, 0.05) is 18.3 Å². The van der Waals surface area contributed by atoms with Gasteiger partial charge in [-0.05, 0) is 45.4 Å². The lowest BCUT2D eigenvalue weighted by molar-refractivity contribution is 0.561. The fourth-order valence-electron chi connectivity index (χ4n) is 1.68. The van der Waals surface area contributed by atoms with Crippen molar-refractivity contribution in [1.82, 2.24) is 4.98 Å². The molecule has 108 valence electrons. The van der Waals surface area contributed by atoms with Crippen LogP contribution in [0, 0.1) is 0 Å². The van der Waals surface area contributed by atoms with Crippen molar-refractivity contribution in [1.29, 1.82) is 0 Å². The van der Waals surface area contributed by atoms with Crippen LogP contribution in [-0.4, -0.2) is 26.5 Å². The third-order valence-electron chi connectivity index (χ3n) is 2.87. The molecule has 20 heavy (non-hydrogen) atoms. The molecule has 6 heteroatoms. The maximum Gasteiger partial charge on any atom is 0.144 e. The van der Waals surface area contributed by atoms with E-state index in [0.29, 0.717) is 11.6 Å². The molecule has 0 fully saturated rings. The van der Waals surface area contributed by atoms with Crippen molar-refractivity contribution in [3.63, 3.8) is 0 Å². The van der Waals surface area contributed by atoms with E-state index in [-0.39, 0.29) is 4.75 Å². The molecule has 0 spiro atoms. The van der Waals surface area contributed by atoms with E-state index in [1.54, 1.807) is 6.20 Å². The Bertz CT molecular complexity index is 578. The van der Waals surface area contributed by atoms with Gasteiger partial charge in [0.25, 0.3) is 0 Å². The van der Waals surface area contributed by atoms with Gasteiger partial charge in [0.15, 0.2) is 0 Å². The van der Waals surface area contributed by atoms with E-state index in [2.05, 4.69) is 14.7 Å². The second kappa shape index (κ2) is 5.76. The molecule has 2 rings (SSSR count). The number of fused-ring (bicyclic) bond motifs is 1. The molecule has 0 saturated heterocycles. The largest absolute Gasteiger partial charge is 0.591 e. The number of aromatic nitrogens is 1. The Morgan fingerprint density at radius 1 is 1.50 bits per heavy atom. The lowest BCUT2D eigenvalue weighted by Crippen LogP contribution is -2.27. The highest BCUT2D eigenvalue weighted by atomic mass is 35.5. The molecule has 0 saturated carbocycles. The molecule has 1 aliphatic heterocycles. The molecule has 0 bridgehead atoms. The van der Waals surface area contributed by atoms with Crippen molar-refractivity contribution in [2.75, 3.05) is 11.9 Å². The first-order chi connectivity index (χ1) is 9.27. The number of nitrogens with one attached hydrogen (secondary N) is 1.